The summed E-state index contributed by atoms with van der Waals surface area (Å²) in [5.74, 6) is 0. The summed E-state index contributed by atoms with van der Waals surface area (Å²) in [6, 6.07) is 2.89. The molecule has 1 fully saturated rings. The second kappa shape index (κ2) is 5.35. The van der Waals surface area contributed by atoms with Crippen molar-refractivity contribution in [1.29, 1.82) is 0 Å². The summed E-state index contributed by atoms with van der Waals surface area (Å²) in [5, 5.41) is 14.4. The van der Waals surface area contributed by atoms with Crippen LogP contribution in [0, 0.1) is 17.0 Å². The van der Waals surface area contributed by atoms with E-state index in [2.05, 4.69) is 12.2 Å². The number of anilines is 1. The summed E-state index contributed by atoms with van der Waals surface area (Å²) in [7, 11) is 0. The summed E-state index contributed by atoms with van der Waals surface area (Å²) in [5.41, 5.74) is 1.33. The lowest BCUT2D eigenvalue weighted by Crippen LogP contribution is -2.32. The molecule has 1 saturated heterocycles. The van der Waals surface area contributed by atoms with Crippen LogP contribution in [0.5, 0.6) is 0 Å². The van der Waals surface area contributed by atoms with Crippen LogP contribution >= 0.6 is 11.6 Å². The molecule has 19 heavy (non-hydrogen) atoms. The maximum Gasteiger partial charge on any atom is 0.271 e. The first-order chi connectivity index (χ1) is 8.91. The van der Waals surface area contributed by atoms with E-state index in [4.69, 9.17) is 16.3 Å². The number of nitro benzene ring substituents is 1. The SMILES string of the molecule is Cc1cc([N+](=O)[O-])cc(Cl)c1NCC1(C)CCCO1. The number of halogens is 1. The highest BCUT2D eigenvalue weighted by Gasteiger charge is 2.29. The number of nitro groups is 1. The average Bonchev–Trinajstić information content (AvgIpc) is 2.75. The first kappa shape index (κ1) is 14.1. The quantitative estimate of drug-likeness (QED) is 0.678. The Hall–Kier alpha value is -1.33. The third-order valence-corrected chi connectivity index (χ3v) is 3.72. The highest BCUT2D eigenvalue weighted by atomic mass is 35.5. The van der Waals surface area contributed by atoms with Crippen molar-refractivity contribution in [3.05, 3.63) is 32.8 Å². The molecule has 1 aliphatic rings. The lowest BCUT2D eigenvalue weighted by Gasteiger charge is -2.25. The van der Waals surface area contributed by atoms with Gasteiger partial charge in [-0.1, -0.05) is 11.6 Å². The standard InChI is InChI=1S/C13H17ClN2O3/c1-9-6-10(16(17)18)7-11(14)12(9)15-8-13(2)4-3-5-19-13/h6-7,15H,3-5,8H2,1-2H3. The largest absolute Gasteiger partial charge is 0.381 e. The minimum absolute atomic E-state index is 0.0105. The first-order valence-electron chi connectivity index (χ1n) is 6.24. The van der Waals surface area contributed by atoms with Crippen LogP contribution in [-0.4, -0.2) is 23.7 Å². The lowest BCUT2D eigenvalue weighted by molar-refractivity contribution is -0.384. The van der Waals surface area contributed by atoms with Crippen LogP contribution in [0.1, 0.15) is 25.3 Å². The number of hydrogen-bond donors (Lipinski definition) is 1. The Kier molecular flexibility index (Phi) is 3.96. The molecule has 1 unspecified atom stereocenters. The van der Waals surface area contributed by atoms with Gasteiger partial charge >= 0.3 is 0 Å². The molecule has 0 aliphatic carbocycles. The predicted octanol–water partition coefficient (Wildman–Crippen LogP) is 3.54. The fraction of sp³-hybridized carbons (Fsp3) is 0.538. The summed E-state index contributed by atoms with van der Waals surface area (Å²) in [6.45, 7) is 5.29. The zero-order valence-electron chi connectivity index (χ0n) is 11.0. The number of hydrogen-bond acceptors (Lipinski definition) is 4. The first-order valence-corrected chi connectivity index (χ1v) is 6.61. The molecule has 5 nitrogen and oxygen atoms in total. The van der Waals surface area contributed by atoms with Crippen LogP contribution in [-0.2, 0) is 4.74 Å². The lowest BCUT2D eigenvalue weighted by atomic mass is 10.0. The van der Waals surface area contributed by atoms with Crippen molar-refractivity contribution in [3.63, 3.8) is 0 Å². The molecule has 1 aromatic carbocycles. The Labute approximate surface area is 117 Å². The van der Waals surface area contributed by atoms with Crippen molar-refractivity contribution < 1.29 is 9.66 Å². The Balaban J connectivity index is 2.14. The molecule has 6 heteroatoms. The van der Waals surface area contributed by atoms with Crippen molar-refractivity contribution in [2.24, 2.45) is 0 Å². The third kappa shape index (κ3) is 3.16. The van der Waals surface area contributed by atoms with Gasteiger partial charge in [-0.15, -0.1) is 0 Å². The summed E-state index contributed by atoms with van der Waals surface area (Å²) in [6.07, 6.45) is 2.06. The van der Waals surface area contributed by atoms with Crippen LogP contribution in [0.25, 0.3) is 0 Å². The molecule has 104 valence electrons. The Morgan fingerprint density at radius 1 is 1.58 bits per heavy atom. The van der Waals surface area contributed by atoms with Crippen molar-refractivity contribution in [1.82, 2.24) is 0 Å². The van der Waals surface area contributed by atoms with Gasteiger partial charge in [0.25, 0.3) is 5.69 Å². The normalized spacial score (nSPS) is 22.5. The Morgan fingerprint density at radius 2 is 2.32 bits per heavy atom. The van der Waals surface area contributed by atoms with Gasteiger partial charge in [0.2, 0.25) is 0 Å². The topological polar surface area (TPSA) is 64.4 Å². The molecule has 2 rings (SSSR count). The van der Waals surface area contributed by atoms with E-state index in [1.54, 1.807) is 6.92 Å². The number of benzene rings is 1. The summed E-state index contributed by atoms with van der Waals surface area (Å²) >= 11 is 6.10. The van der Waals surface area contributed by atoms with E-state index in [0.29, 0.717) is 11.6 Å². The molecule has 0 spiro atoms. The Morgan fingerprint density at radius 3 is 2.84 bits per heavy atom. The molecule has 1 heterocycles. The summed E-state index contributed by atoms with van der Waals surface area (Å²) in [4.78, 5) is 10.3. The van der Waals surface area contributed by atoms with Gasteiger partial charge in [-0.05, 0) is 32.3 Å². The van der Waals surface area contributed by atoms with E-state index in [1.807, 2.05) is 0 Å². The van der Waals surface area contributed by atoms with Crippen LogP contribution in [0.3, 0.4) is 0 Å². The van der Waals surface area contributed by atoms with E-state index in [9.17, 15) is 10.1 Å². The molecule has 0 radical (unpaired) electrons. The van der Waals surface area contributed by atoms with E-state index >= 15 is 0 Å². The monoisotopic (exact) mass is 284 g/mol. The van der Waals surface area contributed by atoms with E-state index in [1.165, 1.54) is 12.1 Å². The van der Waals surface area contributed by atoms with Gasteiger partial charge in [-0.2, -0.15) is 0 Å². The molecule has 1 aromatic rings. The third-order valence-electron chi connectivity index (χ3n) is 3.42. The van der Waals surface area contributed by atoms with Crippen LogP contribution in [0.4, 0.5) is 11.4 Å². The zero-order valence-corrected chi connectivity index (χ0v) is 11.8. The van der Waals surface area contributed by atoms with Crippen molar-refractivity contribution >= 4 is 23.0 Å². The minimum Gasteiger partial charge on any atom is -0.381 e. The molecular weight excluding hydrogens is 268 g/mol. The van der Waals surface area contributed by atoms with Crippen LogP contribution < -0.4 is 5.32 Å². The molecule has 1 N–H and O–H groups in total. The van der Waals surface area contributed by atoms with Crippen LogP contribution in [0.2, 0.25) is 5.02 Å². The van der Waals surface area contributed by atoms with Crippen molar-refractivity contribution in [3.8, 4) is 0 Å². The second-order valence-corrected chi connectivity index (χ2v) is 5.54. The average molecular weight is 285 g/mol. The van der Waals surface area contributed by atoms with Gasteiger partial charge in [-0.25, -0.2) is 0 Å². The molecular formula is C13H17ClN2O3. The number of nitrogens with one attached hydrogen (secondary N) is 1. The highest BCUT2D eigenvalue weighted by molar-refractivity contribution is 6.33. The highest BCUT2D eigenvalue weighted by Crippen LogP contribution is 2.32. The van der Waals surface area contributed by atoms with Crippen molar-refractivity contribution in [2.45, 2.75) is 32.3 Å². The molecule has 1 atom stereocenters. The van der Waals surface area contributed by atoms with Crippen LogP contribution in [0.15, 0.2) is 12.1 Å². The van der Waals surface area contributed by atoms with Gasteiger partial charge < -0.3 is 10.1 Å². The number of non-ortho nitro benzene ring substituents is 1. The van der Waals surface area contributed by atoms with E-state index in [0.717, 1.165) is 30.7 Å². The molecule has 0 bridgehead atoms. The molecule has 0 saturated carbocycles. The second-order valence-electron chi connectivity index (χ2n) is 5.13. The maximum atomic E-state index is 10.7. The Bertz CT molecular complexity index is 476. The molecule has 1 aliphatic heterocycles. The van der Waals surface area contributed by atoms with Gasteiger partial charge in [0.05, 0.1) is 21.2 Å². The zero-order chi connectivity index (χ0) is 14.0. The number of aryl methyl sites for hydroxylation is 1. The maximum absolute atomic E-state index is 10.7. The van der Waals surface area contributed by atoms with Gasteiger partial charge in [0, 0.05) is 25.3 Å². The van der Waals surface area contributed by atoms with E-state index in [-0.39, 0.29) is 11.3 Å². The predicted molar refractivity (Wildman–Crippen MR) is 74.9 cm³/mol. The smallest absolute Gasteiger partial charge is 0.271 e. The van der Waals surface area contributed by atoms with Gasteiger partial charge in [0.1, 0.15) is 0 Å². The van der Waals surface area contributed by atoms with Crippen molar-refractivity contribution in [2.75, 3.05) is 18.5 Å². The molecule has 0 aromatic heterocycles. The minimum atomic E-state index is -0.440. The number of rotatable bonds is 4. The number of ether oxygens (including phenoxy) is 1. The summed E-state index contributed by atoms with van der Waals surface area (Å²) < 4.78 is 5.69. The molecule has 0 amide bonds. The fourth-order valence-electron chi connectivity index (χ4n) is 2.31. The van der Waals surface area contributed by atoms with Gasteiger partial charge in [0.15, 0.2) is 0 Å². The fourth-order valence-corrected chi connectivity index (χ4v) is 2.63. The van der Waals surface area contributed by atoms with Gasteiger partial charge in [-0.3, -0.25) is 10.1 Å². The van der Waals surface area contributed by atoms with E-state index < -0.39 is 4.92 Å². The number of nitrogens with zero attached hydrogens (tertiary/aromatic N) is 1.